The van der Waals surface area contributed by atoms with E-state index >= 15 is 0 Å². The first-order valence-electron chi connectivity index (χ1n) is 7.72. The minimum Gasteiger partial charge on any atom is -0.356 e. The van der Waals surface area contributed by atoms with Crippen LogP contribution in [0.1, 0.15) is 45.0 Å². The first-order valence-corrected chi connectivity index (χ1v) is 7.72. The number of amides is 1. The van der Waals surface area contributed by atoms with Crippen LogP contribution in [0.4, 0.5) is 0 Å². The SMILES string of the molecule is Cc1cc(C)n(CCCNC(=O)C(CN)CC(C)(C)C)n1. The van der Waals surface area contributed by atoms with E-state index in [2.05, 4.69) is 37.3 Å². The zero-order valence-electron chi connectivity index (χ0n) is 14.1. The molecular formula is C16H30N4O. The minimum absolute atomic E-state index is 0.0702. The number of aryl methyl sites for hydroxylation is 3. The number of aromatic nitrogens is 2. The van der Waals surface area contributed by atoms with Crippen LogP contribution in [0.5, 0.6) is 0 Å². The third-order valence-corrected chi connectivity index (χ3v) is 3.46. The van der Waals surface area contributed by atoms with Crippen LogP contribution < -0.4 is 11.1 Å². The Bertz CT molecular complexity index is 459. The molecule has 120 valence electrons. The summed E-state index contributed by atoms with van der Waals surface area (Å²) in [5.74, 6) is -0.0283. The van der Waals surface area contributed by atoms with Crippen LogP contribution in [0, 0.1) is 25.2 Å². The average molecular weight is 294 g/mol. The zero-order valence-corrected chi connectivity index (χ0v) is 14.1. The molecule has 5 heteroatoms. The van der Waals surface area contributed by atoms with Crippen molar-refractivity contribution in [1.29, 1.82) is 0 Å². The third kappa shape index (κ3) is 6.29. The molecule has 3 N–H and O–H groups in total. The Morgan fingerprint density at radius 1 is 1.43 bits per heavy atom. The Morgan fingerprint density at radius 3 is 2.57 bits per heavy atom. The van der Waals surface area contributed by atoms with Gasteiger partial charge in [0, 0.05) is 25.3 Å². The molecule has 1 aromatic rings. The van der Waals surface area contributed by atoms with Crippen LogP contribution in [0.25, 0.3) is 0 Å². The second-order valence-corrected chi connectivity index (χ2v) is 6.99. The lowest BCUT2D eigenvalue weighted by molar-refractivity contribution is -0.125. The first kappa shape index (κ1) is 17.7. The summed E-state index contributed by atoms with van der Waals surface area (Å²) in [6.45, 7) is 12.3. The number of hydrogen-bond acceptors (Lipinski definition) is 3. The lowest BCUT2D eigenvalue weighted by atomic mass is 9.84. The summed E-state index contributed by atoms with van der Waals surface area (Å²) in [6, 6.07) is 2.06. The van der Waals surface area contributed by atoms with Crippen LogP contribution in [-0.2, 0) is 11.3 Å². The van der Waals surface area contributed by atoms with Crippen LogP contribution in [0.15, 0.2) is 6.07 Å². The lowest BCUT2D eigenvalue weighted by Crippen LogP contribution is -2.37. The fourth-order valence-corrected chi connectivity index (χ4v) is 2.51. The highest BCUT2D eigenvalue weighted by Crippen LogP contribution is 2.23. The summed E-state index contributed by atoms with van der Waals surface area (Å²) in [7, 11) is 0. The van der Waals surface area contributed by atoms with Crippen LogP contribution in [-0.4, -0.2) is 28.8 Å². The largest absolute Gasteiger partial charge is 0.356 e. The quantitative estimate of drug-likeness (QED) is 0.756. The van der Waals surface area contributed by atoms with Crippen molar-refractivity contribution in [2.75, 3.05) is 13.1 Å². The highest BCUT2D eigenvalue weighted by molar-refractivity contribution is 5.78. The number of carbonyl (C=O) groups excluding carboxylic acids is 1. The van der Waals surface area contributed by atoms with E-state index in [4.69, 9.17) is 5.73 Å². The van der Waals surface area contributed by atoms with Crippen molar-refractivity contribution in [3.05, 3.63) is 17.5 Å². The third-order valence-electron chi connectivity index (χ3n) is 3.46. The van der Waals surface area contributed by atoms with Crippen molar-refractivity contribution in [3.63, 3.8) is 0 Å². The van der Waals surface area contributed by atoms with Crippen LogP contribution in [0.2, 0.25) is 0 Å². The molecule has 1 heterocycles. The van der Waals surface area contributed by atoms with Crippen molar-refractivity contribution in [2.45, 2.75) is 54.0 Å². The number of nitrogens with two attached hydrogens (primary N) is 1. The summed E-state index contributed by atoms with van der Waals surface area (Å²) in [5, 5.41) is 7.40. The molecule has 1 atom stereocenters. The van der Waals surface area contributed by atoms with E-state index in [1.165, 1.54) is 0 Å². The van der Waals surface area contributed by atoms with Crippen molar-refractivity contribution < 1.29 is 4.79 Å². The molecule has 0 fully saturated rings. The van der Waals surface area contributed by atoms with Gasteiger partial charge in [-0.25, -0.2) is 0 Å². The highest BCUT2D eigenvalue weighted by atomic mass is 16.1. The summed E-state index contributed by atoms with van der Waals surface area (Å²) < 4.78 is 1.98. The molecule has 0 bridgehead atoms. The maximum atomic E-state index is 12.1. The van der Waals surface area contributed by atoms with E-state index in [9.17, 15) is 4.79 Å². The normalized spacial score (nSPS) is 13.2. The fraction of sp³-hybridized carbons (Fsp3) is 0.750. The van der Waals surface area contributed by atoms with Gasteiger partial charge in [-0.2, -0.15) is 5.10 Å². The van der Waals surface area contributed by atoms with E-state index in [-0.39, 0.29) is 17.2 Å². The topological polar surface area (TPSA) is 72.9 Å². The molecule has 0 spiro atoms. The van der Waals surface area contributed by atoms with Crippen LogP contribution >= 0.6 is 0 Å². The number of nitrogens with one attached hydrogen (secondary N) is 1. The molecule has 0 aliphatic rings. The standard InChI is InChI=1S/C16H30N4O/c1-12-9-13(2)20(19-12)8-6-7-18-15(21)14(11-17)10-16(3,4)5/h9,14H,6-8,10-11,17H2,1-5H3,(H,18,21). The smallest absolute Gasteiger partial charge is 0.224 e. The van der Waals surface area contributed by atoms with Gasteiger partial charge in [0.25, 0.3) is 0 Å². The van der Waals surface area contributed by atoms with Crippen LogP contribution in [0.3, 0.4) is 0 Å². The summed E-state index contributed by atoms with van der Waals surface area (Å²) in [6.07, 6.45) is 1.69. The molecule has 1 unspecified atom stereocenters. The fourth-order valence-electron chi connectivity index (χ4n) is 2.51. The van der Waals surface area contributed by atoms with Gasteiger partial charge in [0.2, 0.25) is 5.91 Å². The maximum absolute atomic E-state index is 12.1. The van der Waals surface area contributed by atoms with Gasteiger partial charge >= 0.3 is 0 Å². The molecule has 0 saturated heterocycles. The molecular weight excluding hydrogens is 264 g/mol. The second-order valence-electron chi connectivity index (χ2n) is 6.99. The second kappa shape index (κ2) is 7.59. The number of carbonyl (C=O) groups is 1. The number of hydrogen-bond donors (Lipinski definition) is 2. The lowest BCUT2D eigenvalue weighted by Gasteiger charge is -2.24. The van der Waals surface area contributed by atoms with Gasteiger partial charge in [0.05, 0.1) is 11.6 Å². The highest BCUT2D eigenvalue weighted by Gasteiger charge is 2.23. The molecule has 21 heavy (non-hydrogen) atoms. The Hall–Kier alpha value is -1.36. The maximum Gasteiger partial charge on any atom is 0.224 e. The molecule has 1 aromatic heterocycles. The molecule has 5 nitrogen and oxygen atoms in total. The van der Waals surface area contributed by atoms with Gasteiger partial charge in [-0.05, 0) is 38.2 Å². The predicted molar refractivity (Wildman–Crippen MR) is 85.9 cm³/mol. The summed E-state index contributed by atoms with van der Waals surface area (Å²) in [5.41, 5.74) is 8.03. The van der Waals surface area contributed by atoms with E-state index < -0.39 is 0 Å². The summed E-state index contributed by atoms with van der Waals surface area (Å²) in [4.78, 5) is 12.1. The van der Waals surface area contributed by atoms with Gasteiger partial charge in [0.1, 0.15) is 0 Å². The molecule has 1 amide bonds. The average Bonchev–Trinajstić information content (AvgIpc) is 2.69. The van der Waals surface area contributed by atoms with E-state index in [1.807, 2.05) is 18.5 Å². The Morgan fingerprint density at radius 2 is 2.10 bits per heavy atom. The molecule has 0 aliphatic carbocycles. The van der Waals surface area contributed by atoms with Crippen molar-refractivity contribution in [2.24, 2.45) is 17.1 Å². The molecule has 0 aliphatic heterocycles. The van der Waals surface area contributed by atoms with Gasteiger partial charge in [0.15, 0.2) is 0 Å². The van der Waals surface area contributed by atoms with Gasteiger partial charge in [-0.3, -0.25) is 9.48 Å². The number of rotatable bonds is 7. The van der Waals surface area contributed by atoms with Crippen molar-refractivity contribution >= 4 is 5.91 Å². The van der Waals surface area contributed by atoms with E-state index in [0.29, 0.717) is 13.1 Å². The monoisotopic (exact) mass is 294 g/mol. The van der Waals surface area contributed by atoms with E-state index in [0.717, 1.165) is 30.8 Å². The minimum atomic E-state index is -0.0984. The molecule has 0 radical (unpaired) electrons. The Balaban J connectivity index is 2.34. The molecule has 0 saturated carbocycles. The predicted octanol–water partition coefficient (Wildman–Crippen LogP) is 2.02. The van der Waals surface area contributed by atoms with Gasteiger partial charge in [-0.1, -0.05) is 20.8 Å². The van der Waals surface area contributed by atoms with Gasteiger partial charge in [-0.15, -0.1) is 0 Å². The van der Waals surface area contributed by atoms with Crippen molar-refractivity contribution in [1.82, 2.24) is 15.1 Å². The first-order chi connectivity index (χ1) is 9.73. The zero-order chi connectivity index (χ0) is 16.0. The molecule has 1 rings (SSSR count). The number of nitrogens with zero attached hydrogens (tertiary/aromatic N) is 2. The van der Waals surface area contributed by atoms with E-state index in [1.54, 1.807) is 0 Å². The Labute approximate surface area is 128 Å². The Kier molecular flexibility index (Phi) is 6.40. The molecule has 0 aromatic carbocycles. The summed E-state index contributed by atoms with van der Waals surface area (Å²) >= 11 is 0. The van der Waals surface area contributed by atoms with Crippen molar-refractivity contribution in [3.8, 4) is 0 Å². The van der Waals surface area contributed by atoms with Gasteiger partial charge < -0.3 is 11.1 Å².